The number of nitrogen functional groups attached to an aromatic ring is 1. The van der Waals surface area contributed by atoms with Gasteiger partial charge in [0.05, 0.1) is 36.6 Å². The molecule has 5 rings (SSSR count). The van der Waals surface area contributed by atoms with Crippen molar-refractivity contribution >= 4 is 33.2 Å². The molecular formula is C37H40N4O8S. The minimum Gasteiger partial charge on any atom is -0.497 e. The third-order valence-corrected chi connectivity index (χ3v) is 9.99. The predicted octanol–water partition coefficient (Wildman–Crippen LogP) is 4.26. The molecule has 1 aliphatic rings. The summed E-state index contributed by atoms with van der Waals surface area (Å²) in [6.07, 6.45) is 1.30. The molecule has 0 fully saturated rings. The third-order valence-electron chi connectivity index (χ3n) is 8.08. The molecule has 13 heteroatoms. The summed E-state index contributed by atoms with van der Waals surface area (Å²) in [7, 11) is -2.44. The lowest BCUT2D eigenvalue weighted by molar-refractivity contribution is -0.146. The number of sulfonamides is 1. The highest BCUT2D eigenvalue weighted by molar-refractivity contribution is 7.89. The molecule has 2 atom stereocenters. The van der Waals surface area contributed by atoms with E-state index in [-0.39, 0.29) is 55.3 Å². The number of ether oxygens (including phenoxy) is 3. The van der Waals surface area contributed by atoms with Crippen LogP contribution in [0.4, 0.5) is 11.4 Å². The van der Waals surface area contributed by atoms with Crippen molar-refractivity contribution in [3.05, 3.63) is 132 Å². The number of aliphatic hydroxyl groups is 1. The Kier molecular flexibility index (Phi) is 12.2. The van der Waals surface area contributed by atoms with Crippen LogP contribution in [-0.2, 0) is 30.8 Å². The summed E-state index contributed by atoms with van der Waals surface area (Å²) in [5, 5.41) is 15.3. The van der Waals surface area contributed by atoms with Crippen LogP contribution in [0.2, 0.25) is 0 Å². The molecule has 0 saturated heterocycles. The maximum absolute atomic E-state index is 13.3. The van der Waals surface area contributed by atoms with Crippen molar-refractivity contribution in [2.24, 2.45) is 0 Å². The van der Waals surface area contributed by atoms with Crippen LogP contribution < -0.4 is 21.1 Å². The number of methoxy groups -OCH3 is 1. The fourth-order valence-corrected chi connectivity index (χ4v) is 6.76. The number of allylic oxidation sites excluding steroid dienone is 1. The van der Waals surface area contributed by atoms with E-state index < -0.39 is 22.2 Å². The summed E-state index contributed by atoms with van der Waals surface area (Å²) < 4.78 is 44.9. The van der Waals surface area contributed by atoms with E-state index in [9.17, 15) is 23.1 Å². The van der Waals surface area contributed by atoms with Crippen LogP contribution in [0.3, 0.4) is 0 Å². The summed E-state index contributed by atoms with van der Waals surface area (Å²) in [6, 6.07) is 29.4. The number of amides is 2. The quantitative estimate of drug-likeness (QED) is 0.132. The monoisotopic (exact) mass is 700 g/mol. The van der Waals surface area contributed by atoms with E-state index in [1.165, 1.54) is 19.2 Å². The van der Waals surface area contributed by atoms with E-state index in [1.807, 2.05) is 30.3 Å². The van der Waals surface area contributed by atoms with Crippen LogP contribution in [0.1, 0.15) is 33.8 Å². The largest absolute Gasteiger partial charge is 0.497 e. The Balaban J connectivity index is 1.21. The van der Waals surface area contributed by atoms with E-state index in [2.05, 4.69) is 10.6 Å². The summed E-state index contributed by atoms with van der Waals surface area (Å²) in [5.41, 5.74) is 9.07. The van der Waals surface area contributed by atoms with Gasteiger partial charge in [0.15, 0.2) is 5.76 Å². The zero-order valence-electron chi connectivity index (χ0n) is 27.5. The van der Waals surface area contributed by atoms with Crippen LogP contribution in [0.15, 0.2) is 120 Å². The number of anilines is 2. The van der Waals surface area contributed by atoms with E-state index in [0.717, 1.165) is 15.4 Å². The summed E-state index contributed by atoms with van der Waals surface area (Å²) in [5.74, 6) is -0.378. The molecule has 1 aliphatic heterocycles. The van der Waals surface area contributed by atoms with Crippen LogP contribution in [0, 0.1) is 0 Å². The fourth-order valence-electron chi connectivity index (χ4n) is 5.35. The van der Waals surface area contributed by atoms with Gasteiger partial charge in [-0.3, -0.25) is 9.59 Å². The fraction of sp³-hybridized carbons (Fsp3) is 0.243. The molecule has 0 radical (unpaired) electrons. The van der Waals surface area contributed by atoms with Gasteiger partial charge in [-0.25, -0.2) is 8.42 Å². The van der Waals surface area contributed by atoms with Crippen molar-refractivity contribution in [2.75, 3.05) is 44.5 Å². The Morgan fingerprint density at radius 2 is 1.62 bits per heavy atom. The maximum Gasteiger partial charge on any atom is 0.286 e. The lowest BCUT2D eigenvalue weighted by Gasteiger charge is -2.30. The van der Waals surface area contributed by atoms with Gasteiger partial charge < -0.3 is 35.7 Å². The molecule has 4 aromatic carbocycles. The first-order chi connectivity index (χ1) is 24.2. The zero-order valence-corrected chi connectivity index (χ0v) is 28.3. The molecule has 2 unspecified atom stereocenters. The minimum absolute atomic E-state index is 0.0484. The second-order valence-electron chi connectivity index (χ2n) is 11.4. The van der Waals surface area contributed by atoms with E-state index in [0.29, 0.717) is 29.1 Å². The summed E-state index contributed by atoms with van der Waals surface area (Å²) in [4.78, 5) is 26.1. The number of aliphatic hydroxyl groups excluding tert-OH is 1. The first kappa shape index (κ1) is 36.1. The van der Waals surface area contributed by atoms with E-state index >= 15 is 0 Å². The van der Waals surface area contributed by atoms with Gasteiger partial charge >= 0.3 is 0 Å². The normalized spacial score (nSPS) is 15.9. The first-order valence-corrected chi connectivity index (χ1v) is 17.4. The number of para-hydroxylation sites is 2. The van der Waals surface area contributed by atoms with Gasteiger partial charge in [0.2, 0.25) is 16.3 Å². The molecule has 0 saturated carbocycles. The summed E-state index contributed by atoms with van der Waals surface area (Å²) >= 11 is 0. The standard InChI is InChI=1S/C37H40N4O8S/c1-47-30-15-17-31(18-16-30)50(45,46)41(19-21-42)20-22-48-35-24-29(27-7-3-2-4-8-27)23-34(49-35)37(44)39-25-26-11-13-28(14-12-26)36(43)40-33-10-6-5-9-32(33)38/h2-18,23,29,35,42H,19-22,24-25,38H2,1H3,(H,39,44)(H,40,43). The molecule has 2 amide bonds. The second-order valence-corrected chi connectivity index (χ2v) is 13.4. The van der Waals surface area contributed by atoms with Crippen molar-refractivity contribution in [3.63, 3.8) is 0 Å². The highest BCUT2D eigenvalue weighted by atomic mass is 32.2. The molecular weight excluding hydrogens is 660 g/mol. The molecule has 12 nitrogen and oxygen atoms in total. The molecule has 0 aliphatic carbocycles. The second kappa shape index (κ2) is 16.9. The van der Waals surface area contributed by atoms with Crippen molar-refractivity contribution < 1.29 is 37.3 Å². The van der Waals surface area contributed by atoms with Gasteiger partial charge in [-0.2, -0.15) is 4.31 Å². The van der Waals surface area contributed by atoms with Crippen LogP contribution in [-0.4, -0.2) is 69.3 Å². The van der Waals surface area contributed by atoms with E-state index in [1.54, 1.807) is 66.7 Å². The molecule has 4 aromatic rings. The molecule has 50 heavy (non-hydrogen) atoms. The Hall–Kier alpha value is -5.21. The van der Waals surface area contributed by atoms with Crippen molar-refractivity contribution in [1.29, 1.82) is 0 Å². The molecule has 1 heterocycles. The molecule has 0 bridgehead atoms. The lowest BCUT2D eigenvalue weighted by atomic mass is 9.93. The lowest BCUT2D eigenvalue weighted by Crippen LogP contribution is -2.38. The Labute approximate surface area is 291 Å². The number of rotatable bonds is 15. The van der Waals surface area contributed by atoms with Gasteiger partial charge in [0.25, 0.3) is 11.8 Å². The van der Waals surface area contributed by atoms with Gasteiger partial charge in [-0.1, -0.05) is 54.6 Å². The van der Waals surface area contributed by atoms with Gasteiger partial charge in [0, 0.05) is 37.5 Å². The number of nitrogens with zero attached hydrogens (tertiary/aromatic N) is 1. The van der Waals surface area contributed by atoms with Crippen LogP contribution in [0.25, 0.3) is 0 Å². The topological polar surface area (TPSA) is 170 Å². The molecule has 0 spiro atoms. The number of nitrogens with one attached hydrogen (secondary N) is 2. The molecule has 0 aromatic heterocycles. The number of benzene rings is 4. The van der Waals surface area contributed by atoms with Crippen LogP contribution >= 0.6 is 0 Å². The number of nitrogens with two attached hydrogens (primary N) is 1. The average Bonchev–Trinajstić information content (AvgIpc) is 3.14. The molecule has 5 N–H and O–H groups in total. The third kappa shape index (κ3) is 9.27. The van der Waals surface area contributed by atoms with E-state index in [4.69, 9.17) is 19.9 Å². The Morgan fingerprint density at radius 3 is 2.30 bits per heavy atom. The van der Waals surface area contributed by atoms with Crippen molar-refractivity contribution in [1.82, 2.24) is 9.62 Å². The average molecular weight is 701 g/mol. The molecule has 262 valence electrons. The number of carbonyl (C=O) groups is 2. The van der Waals surface area contributed by atoms with Crippen LogP contribution in [0.5, 0.6) is 5.75 Å². The Bertz CT molecular complexity index is 1890. The van der Waals surface area contributed by atoms with Gasteiger partial charge in [-0.15, -0.1) is 0 Å². The number of carbonyl (C=O) groups excluding carboxylic acids is 2. The number of hydrogen-bond acceptors (Lipinski definition) is 9. The smallest absolute Gasteiger partial charge is 0.286 e. The maximum atomic E-state index is 13.3. The zero-order chi connectivity index (χ0) is 35.5. The van der Waals surface area contributed by atoms with Gasteiger partial charge in [-0.05, 0) is 65.7 Å². The first-order valence-electron chi connectivity index (χ1n) is 16.0. The highest BCUT2D eigenvalue weighted by Crippen LogP contribution is 2.31. The Morgan fingerprint density at radius 1 is 0.920 bits per heavy atom. The van der Waals surface area contributed by atoms with Crippen molar-refractivity contribution in [3.8, 4) is 5.75 Å². The number of hydrogen-bond donors (Lipinski definition) is 4. The summed E-state index contributed by atoms with van der Waals surface area (Å²) in [6.45, 7) is -0.433. The SMILES string of the molecule is COc1ccc(S(=O)(=O)N(CCO)CCOC2CC(c3ccccc3)C=C(C(=O)NCc3ccc(C(=O)Nc4ccccc4N)cc3)O2)cc1. The minimum atomic E-state index is -3.93. The van der Waals surface area contributed by atoms with Crippen molar-refractivity contribution in [2.45, 2.75) is 30.1 Å². The highest BCUT2D eigenvalue weighted by Gasteiger charge is 2.30. The predicted molar refractivity (Wildman–Crippen MR) is 189 cm³/mol. The van der Waals surface area contributed by atoms with Gasteiger partial charge in [0.1, 0.15) is 5.75 Å².